The van der Waals surface area contributed by atoms with Crippen molar-refractivity contribution in [2.75, 3.05) is 13.1 Å². The van der Waals surface area contributed by atoms with Crippen LogP contribution in [-0.4, -0.2) is 27.2 Å². The molecule has 0 radical (unpaired) electrons. The Morgan fingerprint density at radius 1 is 1.17 bits per heavy atom. The largest absolute Gasteiger partial charge is 0.330 e. The average molecular weight is 252 g/mol. The predicted molar refractivity (Wildman–Crippen MR) is 69.2 cm³/mol. The highest BCUT2D eigenvalue weighted by Gasteiger charge is 2.11. The number of hydrogen-bond donors (Lipinski definition) is 1. The van der Waals surface area contributed by atoms with E-state index < -0.39 is 0 Å². The topological polar surface area (TPSA) is 59.3 Å². The van der Waals surface area contributed by atoms with Gasteiger partial charge >= 0.3 is 5.69 Å². The molecule has 6 heteroatoms. The fraction of sp³-hybridized carbons (Fsp3) is 0.667. The van der Waals surface area contributed by atoms with Gasteiger partial charge in [0.2, 0.25) is 0 Å². The quantitative estimate of drug-likeness (QED) is 0.793. The molecule has 0 unspecified atom stereocenters. The normalized spacial score (nSPS) is 17.0. The van der Waals surface area contributed by atoms with E-state index in [1.165, 1.54) is 30.9 Å². The van der Waals surface area contributed by atoms with Crippen molar-refractivity contribution in [1.29, 1.82) is 0 Å². The maximum Gasteiger partial charge on any atom is 0.330 e. The molecule has 1 N–H and O–H groups in total. The molecule has 1 fully saturated rings. The van der Waals surface area contributed by atoms with E-state index in [-0.39, 0.29) is 11.2 Å². The summed E-state index contributed by atoms with van der Waals surface area (Å²) in [7, 11) is 3.17. The van der Waals surface area contributed by atoms with Crippen LogP contribution in [0.3, 0.4) is 0 Å². The van der Waals surface area contributed by atoms with Crippen LogP contribution in [0.2, 0.25) is 0 Å². The molecule has 0 saturated carbocycles. The van der Waals surface area contributed by atoms with E-state index in [0.29, 0.717) is 12.1 Å². The van der Waals surface area contributed by atoms with E-state index in [9.17, 15) is 9.59 Å². The van der Waals surface area contributed by atoms with Gasteiger partial charge in [-0.05, 0) is 12.8 Å². The lowest BCUT2D eigenvalue weighted by Gasteiger charge is -2.27. The van der Waals surface area contributed by atoms with Crippen molar-refractivity contribution >= 4 is 0 Å². The lowest BCUT2D eigenvalue weighted by molar-refractivity contribution is 0.150. The van der Waals surface area contributed by atoms with Gasteiger partial charge in [-0.25, -0.2) is 9.80 Å². The summed E-state index contributed by atoms with van der Waals surface area (Å²) in [6, 6.07) is 0. The highest BCUT2D eigenvalue weighted by atomic mass is 16.2. The Hall–Kier alpha value is -1.40. The van der Waals surface area contributed by atoms with Crippen molar-refractivity contribution in [2.24, 2.45) is 14.1 Å². The number of nitrogens with zero attached hydrogens (tertiary/aromatic N) is 3. The Labute approximate surface area is 106 Å². The zero-order valence-electron chi connectivity index (χ0n) is 11.0. The standard InChI is InChI=1S/C12H20N4O2/c1-14-9-10(11(17)15(2)12(14)18)8-13-16-6-4-3-5-7-16/h9,13H,3-8H2,1-2H3. The van der Waals surface area contributed by atoms with E-state index >= 15 is 0 Å². The molecule has 18 heavy (non-hydrogen) atoms. The van der Waals surface area contributed by atoms with Crippen LogP contribution < -0.4 is 16.7 Å². The molecule has 0 aliphatic carbocycles. The second-order valence-electron chi connectivity index (χ2n) is 4.79. The Morgan fingerprint density at radius 3 is 2.50 bits per heavy atom. The van der Waals surface area contributed by atoms with Crippen molar-refractivity contribution in [3.63, 3.8) is 0 Å². The first-order valence-corrected chi connectivity index (χ1v) is 6.33. The molecule has 2 rings (SSSR count). The SMILES string of the molecule is Cn1cc(CNN2CCCCC2)c(=O)n(C)c1=O. The smallest absolute Gasteiger partial charge is 0.303 e. The van der Waals surface area contributed by atoms with Crippen LogP contribution in [0.25, 0.3) is 0 Å². The predicted octanol–water partition coefficient (Wildman–Crippen LogP) is -0.425. The zero-order valence-corrected chi connectivity index (χ0v) is 11.0. The molecule has 6 nitrogen and oxygen atoms in total. The third-order valence-corrected chi connectivity index (χ3v) is 3.37. The Balaban J connectivity index is 2.10. The zero-order chi connectivity index (χ0) is 13.1. The van der Waals surface area contributed by atoms with Gasteiger partial charge in [0.15, 0.2) is 0 Å². The molecule has 1 aromatic heterocycles. The average Bonchev–Trinajstić information content (AvgIpc) is 2.40. The first kappa shape index (κ1) is 13.0. The van der Waals surface area contributed by atoms with Crippen LogP contribution in [0.4, 0.5) is 0 Å². The fourth-order valence-corrected chi connectivity index (χ4v) is 2.25. The van der Waals surface area contributed by atoms with Gasteiger partial charge in [0.1, 0.15) is 0 Å². The van der Waals surface area contributed by atoms with Gasteiger partial charge in [0.05, 0.1) is 0 Å². The van der Waals surface area contributed by atoms with Crippen molar-refractivity contribution in [2.45, 2.75) is 25.8 Å². The van der Waals surface area contributed by atoms with E-state index in [4.69, 9.17) is 0 Å². The Bertz CT molecular complexity index is 526. The van der Waals surface area contributed by atoms with Crippen LogP contribution in [0, 0.1) is 0 Å². The summed E-state index contributed by atoms with van der Waals surface area (Å²) < 4.78 is 2.59. The van der Waals surface area contributed by atoms with Gasteiger partial charge in [-0.1, -0.05) is 6.42 Å². The van der Waals surface area contributed by atoms with Gasteiger partial charge in [-0.2, -0.15) is 0 Å². The van der Waals surface area contributed by atoms with E-state index in [1.807, 2.05) is 0 Å². The molecule has 1 aliphatic rings. The monoisotopic (exact) mass is 252 g/mol. The molecule has 0 atom stereocenters. The number of hydrazine groups is 1. The van der Waals surface area contributed by atoms with Crippen molar-refractivity contribution in [3.8, 4) is 0 Å². The summed E-state index contributed by atoms with van der Waals surface area (Å²) >= 11 is 0. The molecule has 0 aromatic carbocycles. The molecular formula is C12H20N4O2. The lowest BCUT2D eigenvalue weighted by Crippen LogP contribution is -2.44. The van der Waals surface area contributed by atoms with Crippen molar-refractivity contribution < 1.29 is 0 Å². The van der Waals surface area contributed by atoms with Gasteiger partial charge < -0.3 is 4.57 Å². The molecule has 0 amide bonds. The number of aryl methyl sites for hydroxylation is 1. The third-order valence-electron chi connectivity index (χ3n) is 3.37. The molecule has 1 saturated heterocycles. The first-order valence-electron chi connectivity index (χ1n) is 6.33. The molecular weight excluding hydrogens is 232 g/mol. The summed E-state index contributed by atoms with van der Waals surface area (Å²) in [5, 5.41) is 2.15. The van der Waals surface area contributed by atoms with Crippen LogP contribution >= 0.6 is 0 Å². The van der Waals surface area contributed by atoms with Crippen LogP contribution in [0.15, 0.2) is 15.8 Å². The number of rotatable bonds is 3. The molecule has 2 heterocycles. The molecule has 0 bridgehead atoms. The second-order valence-corrected chi connectivity index (χ2v) is 4.79. The van der Waals surface area contributed by atoms with Crippen molar-refractivity contribution in [1.82, 2.24) is 19.6 Å². The first-order chi connectivity index (χ1) is 8.59. The van der Waals surface area contributed by atoms with Gasteiger partial charge in [-0.3, -0.25) is 14.8 Å². The molecule has 1 aromatic rings. The van der Waals surface area contributed by atoms with E-state index in [0.717, 1.165) is 17.7 Å². The van der Waals surface area contributed by atoms with E-state index in [1.54, 1.807) is 13.2 Å². The van der Waals surface area contributed by atoms with Crippen LogP contribution in [0.1, 0.15) is 24.8 Å². The summed E-state index contributed by atoms with van der Waals surface area (Å²) in [6.07, 6.45) is 5.28. The minimum absolute atomic E-state index is 0.220. The Morgan fingerprint density at radius 2 is 1.83 bits per heavy atom. The van der Waals surface area contributed by atoms with Crippen LogP contribution in [0.5, 0.6) is 0 Å². The number of hydrogen-bond acceptors (Lipinski definition) is 4. The second kappa shape index (κ2) is 5.49. The number of piperidine rings is 1. The third kappa shape index (κ3) is 2.70. The maximum atomic E-state index is 11.9. The fourth-order valence-electron chi connectivity index (χ4n) is 2.25. The summed E-state index contributed by atoms with van der Waals surface area (Å²) in [5.74, 6) is 0. The highest BCUT2D eigenvalue weighted by Crippen LogP contribution is 2.06. The minimum atomic E-state index is -0.290. The van der Waals surface area contributed by atoms with Crippen molar-refractivity contribution in [3.05, 3.63) is 32.6 Å². The summed E-state index contributed by atoms with van der Waals surface area (Å²) in [4.78, 5) is 23.4. The Kier molecular flexibility index (Phi) is 3.98. The van der Waals surface area contributed by atoms with Crippen LogP contribution in [-0.2, 0) is 20.6 Å². The molecule has 1 aliphatic heterocycles. The van der Waals surface area contributed by atoms with Gasteiger partial charge in [-0.15, -0.1) is 0 Å². The number of aromatic nitrogens is 2. The van der Waals surface area contributed by atoms with Gasteiger partial charge in [0, 0.05) is 45.5 Å². The highest BCUT2D eigenvalue weighted by molar-refractivity contribution is 5.04. The van der Waals surface area contributed by atoms with Gasteiger partial charge in [0.25, 0.3) is 5.56 Å². The lowest BCUT2D eigenvalue weighted by atomic mass is 10.2. The molecule has 0 spiro atoms. The number of nitrogens with one attached hydrogen (secondary N) is 1. The summed E-state index contributed by atoms with van der Waals surface area (Å²) in [6.45, 7) is 2.51. The maximum absolute atomic E-state index is 11.9. The van der Waals surface area contributed by atoms with E-state index in [2.05, 4.69) is 10.4 Å². The summed E-state index contributed by atoms with van der Waals surface area (Å²) in [5.41, 5.74) is 3.36. The molecule has 100 valence electrons. The minimum Gasteiger partial charge on any atom is -0.303 e.